The predicted octanol–water partition coefficient (Wildman–Crippen LogP) is 4.30. The minimum absolute atomic E-state index is 0.0817. The Balaban J connectivity index is 2.06. The van der Waals surface area contributed by atoms with Crippen LogP contribution in [0.4, 0.5) is 8.28 Å². The number of benzene rings is 1. The van der Waals surface area contributed by atoms with Crippen LogP contribution < -0.4 is 0 Å². The smallest absolute Gasteiger partial charge is 0.213 e. The van der Waals surface area contributed by atoms with Crippen LogP contribution in [0.1, 0.15) is 16.1 Å². The summed E-state index contributed by atoms with van der Waals surface area (Å²) in [6, 6.07) is 10.8. The fourth-order valence-electron chi connectivity index (χ4n) is 2.16. The molecular formula is C16H10F2N2OS. The molecule has 0 fully saturated rings. The maximum absolute atomic E-state index is 14.0. The largest absolute Gasteiger partial charge is 0.287 e. The molecule has 0 spiro atoms. The monoisotopic (exact) mass is 316 g/mol. The highest BCUT2D eigenvalue weighted by Gasteiger charge is 2.18. The molecule has 110 valence electrons. The van der Waals surface area contributed by atoms with Crippen LogP contribution in [0.2, 0.25) is 0 Å². The van der Waals surface area contributed by atoms with E-state index in [4.69, 9.17) is 0 Å². The number of carbonyl (C=O) groups is 1. The molecule has 2 aromatic heterocycles. The highest BCUT2D eigenvalue weighted by Crippen LogP contribution is 2.24. The summed E-state index contributed by atoms with van der Waals surface area (Å²) in [6.45, 7) is 0. The molecule has 0 saturated carbocycles. The van der Waals surface area contributed by atoms with E-state index in [9.17, 15) is 13.1 Å². The van der Waals surface area contributed by atoms with Crippen molar-refractivity contribution < 1.29 is 13.1 Å². The summed E-state index contributed by atoms with van der Waals surface area (Å²) in [5, 5.41) is 0. The number of halogens is 2. The molecule has 3 rings (SSSR count). The van der Waals surface area contributed by atoms with E-state index in [-0.39, 0.29) is 23.6 Å². The first-order chi connectivity index (χ1) is 10.7. The Morgan fingerprint density at radius 3 is 2.59 bits per heavy atom. The first-order valence-corrected chi connectivity index (χ1v) is 7.09. The van der Waals surface area contributed by atoms with Crippen LogP contribution in [0.5, 0.6) is 0 Å². The molecule has 3 aromatic rings. The molecule has 3 nitrogen and oxygen atoms in total. The molecule has 0 aliphatic heterocycles. The van der Waals surface area contributed by atoms with Crippen molar-refractivity contribution >= 4 is 18.1 Å². The lowest BCUT2D eigenvalue weighted by Gasteiger charge is -2.07. The van der Waals surface area contributed by atoms with E-state index in [1.54, 1.807) is 30.6 Å². The van der Waals surface area contributed by atoms with E-state index >= 15 is 0 Å². The van der Waals surface area contributed by atoms with Crippen LogP contribution >= 0.6 is 12.3 Å². The van der Waals surface area contributed by atoms with Crippen molar-refractivity contribution in [1.29, 1.82) is 0 Å². The van der Waals surface area contributed by atoms with E-state index in [2.05, 4.69) is 4.98 Å². The second kappa shape index (κ2) is 6.11. The topological polar surface area (TPSA) is 34.9 Å². The van der Waals surface area contributed by atoms with E-state index in [0.29, 0.717) is 5.56 Å². The number of aromatic nitrogens is 2. The summed E-state index contributed by atoms with van der Waals surface area (Å²) >= 11 is -0.103. The lowest BCUT2D eigenvalue weighted by atomic mass is 10.0. The van der Waals surface area contributed by atoms with Gasteiger partial charge in [-0.1, -0.05) is 6.07 Å². The van der Waals surface area contributed by atoms with Gasteiger partial charge in [0, 0.05) is 18.6 Å². The van der Waals surface area contributed by atoms with Gasteiger partial charge in [-0.25, -0.2) is 4.39 Å². The van der Waals surface area contributed by atoms with Gasteiger partial charge in [0.1, 0.15) is 11.5 Å². The Hall–Kier alpha value is -2.47. The number of ketones is 1. The Morgan fingerprint density at radius 1 is 1.09 bits per heavy atom. The summed E-state index contributed by atoms with van der Waals surface area (Å²) in [6.07, 6.45) is 4.64. The van der Waals surface area contributed by atoms with Gasteiger partial charge in [0.15, 0.2) is 12.3 Å². The molecule has 0 radical (unpaired) electrons. The van der Waals surface area contributed by atoms with E-state index in [0.717, 1.165) is 9.54 Å². The summed E-state index contributed by atoms with van der Waals surface area (Å²) in [4.78, 5) is 16.4. The Kier molecular flexibility index (Phi) is 4.02. The fraction of sp³-hybridized carbons (Fsp3) is 0. The standard InChI is InChI=1S/C16H10F2N2OS/c17-14-4-3-12(11-5-7-19-8-6-11)10-13(14)16(21)15-2-1-9-20(15)22-18/h1-10H. The van der Waals surface area contributed by atoms with E-state index in [1.165, 1.54) is 30.5 Å². The number of pyridine rings is 1. The van der Waals surface area contributed by atoms with Crippen LogP contribution in [-0.4, -0.2) is 14.7 Å². The van der Waals surface area contributed by atoms with Gasteiger partial charge in [0.05, 0.1) is 5.56 Å². The minimum Gasteiger partial charge on any atom is -0.287 e. The minimum atomic E-state index is -0.639. The van der Waals surface area contributed by atoms with E-state index < -0.39 is 11.6 Å². The van der Waals surface area contributed by atoms with Crippen molar-refractivity contribution in [3.8, 4) is 11.1 Å². The van der Waals surface area contributed by atoms with E-state index in [1.807, 2.05) is 0 Å². The molecule has 0 bridgehead atoms. The van der Waals surface area contributed by atoms with Gasteiger partial charge < -0.3 is 0 Å². The summed E-state index contributed by atoms with van der Waals surface area (Å²) < 4.78 is 27.8. The molecule has 0 aliphatic rings. The van der Waals surface area contributed by atoms with Crippen LogP contribution in [-0.2, 0) is 0 Å². The first kappa shape index (κ1) is 14.5. The third-order valence-electron chi connectivity index (χ3n) is 3.24. The van der Waals surface area contributed by atoms with Gasteiger partial charge in [0.2, 0.25) is 5.78 Å². The second-order valence-electron chi connectivity index (χ2n) is 4.55. The molecule has 6 heteroatoms. The van der Waals surface area contributed by atoms with Gasteiger partial charge in [-0.3, -0.25) is 13.8 Å². The Morgan fingerprint density at radius 2 is 1.86 bits per heavy atom. The zero-order valence-electron chi connectivity index (χ0n) is 11.2. The summed E-state index contributed by atoms with van der Waals surface area (Å²) in [5.41, 5.74) is 1.50. The maximum atomic E-state index is 14.0. The van der Waals surface area contributed by atoms with Gasteiger partial charge in [0.25, 0.3) is 0 Å². The lowest BCUT2D eigenvalue weighted by Crippen LogP contribution is -2.08. The summed E-state index contributed by atoms with van der Waals surface area (Å²) in [7, 11) is 0. The predicted molar refractivity (Wildman–Crippen MR) is 81.6 cm³/mol. The molecule has 0 unspecified atom stereocenters. The average molecular weight is 316 g/mol. The number of carbonyl (C=O) groups excluding carboxylic acids is 1. The van der Waals surface area contributed by atoms with Crippen LogP contribution in [0.25, 0.3) is 11.1 Å². The van der Waals surface area contributed by atoms with Gasteiger partial charge in [-0.2, -0.15) is 0 Å². The number of hydrogen-bond donors (Lipinski definition) is 0. The van der Waals surface area contributed by atoms with Crippen LogP contribution in [0, 0.1) is 5.82 Å². The SMILES string of the molecule is O=C(c1cc(-c2ccncc2)ccc1F)c1cccn1SF. The van der Waals surface area contributed by atoms with Crippen molar-refractivity contribution in [2.45, 2.75) is 0 Å². The molecule has 0 aliphatic carbocycles. The molecule has 22 heavy (non-hydrogen) atoms. The summed E-state index contributed by atoms with van der Waals surface area (Å²) in [5.74, 6) is -1.21. The van der Waals surface area contributed by atoms with Crippen molar-refractivity contribution in [2.75, 3.05) is 0 Å². The second-order valence-corrected chi connectivity index (χ2v) is 5.08. The highest BCUT2D eigenvalue weighted by molar-refractivity contribution is 7.92. The van der Waals surface area contributed by atoms with Crippen molar-refractivity contribution in [2.24, 2.45) is 0 Å². The van der Waals surface area contributed by atoms with Crippen molar-refractivity contribution in [3.63, 3.8) is 0 Å². The highest BCUT2D eigenvalue weighted by atomic mass is 32.2. The Labute approximate surface area is 130 Å². The normalized spacial score (nSPS) is 10.6. The lowest BCUT2D eigenvalue weighted by molar-refractivity contribution is 0.103. The quantitative estimate of drug-likeness (QED) is 0.673. The molecule has 0 amide bonds. The maximum Gasteiger partial charge on any atom is 0.213 e. The van der Waals surface area contributed by atoms with Crippen molar-refractivity contribution in [3.05, 3.63) is 78.1 Å². The van der Waals surface area contributed by atoms with Gasteiger partial charge in [-0.05, 0) is 47.5 Å². The fourth-order valence-corrected chi connectivity index (χ4v) is 2.50. The number of rotatable bonds is 4. The molecule has 0 N–H and O–H groups in total. The number of nitrogens with zero attached hydrogens (tertiary/aromatic N) is 2. The molecule has 0 atom stereocenters. The third-order valence-corrected chi connectivity index (χ3v) is 3.71. The molecule has 0 saturated heterocycles. The van der Waals surface area contributed by atoms with Crippen molar-refractivity contribution in [1.82, 2.24) is 8.96 Å². The molecule has 2 heterocycles. The van der Waals surface area contributed by atoms with Crippen LogP contribution in [0.3, 0.4) is 0 Å². The van der Waals surface area contributed by atoms with Gasteiger partial charge >= 0.3 is 0 Å². The Bertz CT molecular complexity index is 818. The van der Waals surface area contributed by atoms with Gasteiger partial charge in [-0.15, -0.1) is 3.89 Å². The average Bonchev–Trinajstić information content (AvgIpc) is 3.04. The first-order valence-electron chi connectivity index (χ1n) is 6.42. The molecular weight excluding hydrogens is 306 g/mol. The third kappa shape index (κ3) is 2.65. The van der Waals surface area contributed by atoms with Crippen LogP contribution in [0.15, 0.2) is 61.1 Å². The zero-order chi connectivity index (χ0) is 15.5. The number of hydrogen-bond acceptors (Lipinski definition) is 3. The zero-order valence-corrected chi connectivity index (χ0v) is 12.1. The molecule has 1 aromatic carbocycles.